The molecule has 2 aromatic carbocycles. The van der Waals surface area contributed by atoms with Crippen molar-refractivity contribution in [2.75, 3.05) is 0 Å². The molecular weight excluding hydrogens is 263 g/mol. The number of rotatable bonds is 5. The van der Waals surface area contributed by atoms with Crippen LogP contribution in [0.2, 0.25) is 0 Å². The molecule has 110 valence electrons. The van der Waals surface area contributed by atoms with E-state index in [9.17, 15) is 4.39 Å². The molecule has 3 rings (SSSR count). The molecule has 0 heterocycles. The summed E-state index contributed by atoms with van der Waals surface area (Å²) in [5, 5.41) is 0. The standard InChI is InChI=1S/C18H21FN2/c1-12-9-15(19)8-7-14(12)10-18(21-20)17-11-16(17)13-5-3-2-4-6-13/h2-9,16-18,21H,10-11,20H2,1H3. The van der Waals surface area contributed by atoms with Gasteiger partial charge in [-0.2, -0.15) is 0 Å². The van der Waals surface area contributed by atoms with Crippen LogP contribution in [0.25, 0.3) is 0 Å². The van der Waals surface area contributed by atoms with Crippen molar-refractivity contribution in [2.24, 2.45) is 11.8 Å². The van der Waals surface area contributed by atoms with E-state index < -0.39 is 0 Å². The molecule has 2 aromatic rings. The molecule has 3 atom stereocenters. The molecule has 3 unspecified atom stereocenters. The molecule has 1 aliphatic carbocycles. The Kier molecular flexibility index (Phi) is 4.04. The van der Waals surface area contributed by atoms with Crippen LogP contribution in [0.15, 0.2) is 48.5 Å². The Hall–Kier alpha value is -1.71. The number of nitrogens with two attached hydrogens (primary N) is 1. The summed E-state index contributed by atoms with van der Waals surface area (Å²) in [6, 6.07) is 15.8. The summed E-state index contributed by atoms with van der Waals surface area (Å²) < 4.78 is 13.2. The number of halogens is 1. The van der Waals surface area contributed by atoms with Gasteiger partial charge in [0.25, 0.3) is 0 Å². The van der Waals surface area contributed by atoms with Gasteiger partial charge >= 0.3 is 0 Å². The van der Waals surface area contributed by atoms with Crippen LogP contribution in [-0.2, 0) is 6.42 Å². The first-order valence-electron chi connectivity index (χ1n) is 7.45. The molecule has 2 nitrogen and oxygen atoms in total. The van der Waals surface area contributed by atoms with Gasteiger partial charge in [-0.05, 0) is 60.4 Å². The summed E-state index contributed by atoms with van der Waals surface area (Å²) in [7, 11) is 0. The van der Waals surface area contributed by atoms with E-state index in [0.29, 0.717) is 11.8 Å². The molecule has 3 heteroatoms. The predicted octanol–water partition coefficient (Wildman–Crippen LogP) is 3.31. The number of benzene rings is 2. The van der Waals surface area contributed by atoms with E-state index in [1.165, 1.54) is 18.1 Å². The molecule has 0 radical (unpaired) electrons. The summed E-state index contributed by atoms with van der Waals surface area (Å²) in [6.45, 7) is 1.95. The van der Waals surface area contributed by atoms with Crippen LogP contribution in [0, 0.1) is 18.7 Å². The van der Waals surface area contributed by atoms with Gasteiger partial charge in [0.05, 0.1) is 0 Å². The first-order valence-corrected chi connectivity index (χ1v) is 7.45. The molecule has 1 fully saturated rings. The average molecular weight is 284 g/mol. The summed E-state index contributed by atoms with van der Waals surface area (Å²) in [4.78, 5) is 0. The van der Waals surface area contributed by atoms with E-state index in [2.05, 4.69) is 29.7 Å². The fourth-order valence-electron chi connectivity index (χ4n) is 3.20. The normalized spacial score (nSPS) is 22.0. The minimum absolute atomic E-state index is 0.179. The second-order valence-electron chi connectivity index (χ2n) is 5.96. The van der Waals surface area contributed by atoms with Crippen molar-refractivity contribution in [1.29, 1.82) is 0 Å². The maximum absolute atomic E-state index is 13.2. The smallest absolute Gasteiger partial charge is 0.123 e. The molecule has 1 aliphatic rings. The fraction of sp³-hybridized carbons (Fsp3) is 0.333. The van der Waals surface area contributed by atoms with E-state index >= 15 is 0 Å². The van der Waals surface area contributed by atoms with Crippen molar-refractivity contribution in [2.45, 2.75) is 31.7 Å². The molecule has 0 spiro atoms. The number of hydrogen-bond donors (Lipinski definition) is 2. The summed E-state index contributed by atoms with van der Waals surface area (Å²) in [5.74, 6) is 6.73. The minimum Gasteiger partial charge on any atom is -0.271 e. The van der Waals surface area contributed by atoms with Crippen LogP contribution in [0.1, 0.15) is 29.0 Å². The number of hydrazine groups is 1. The number of hydrogen-bond acceptors (Lipinski definition) is 2. The first-order chi connectivity index (χ1) is 10.2. The average Bonchev–Trinajstić information content (AvgIpc) is 3.28. The number of aryl methyl sites for hydroxylation is 1. The van der Waals surface area contributed by atoms with E-state index in [1.54, 1.807) is 6.07 Å². The molecule has 1 saturated carbocycles. The van der Waals surface area contributed by atoms with Gasteiger partial charge in [0, 0.05) is 6.04 Å². The third kappa shape index (κ3) is 3.14. The Morgan fingerprint density at radius 3 is 2.67 bits per heavy atom. The number of nitrogens with one attached hydrogen (secondary N) is 1. The van der Waals surface area contributed by atoms with Crippen molar-refractivity contribution in [1.82, 2.24) is 5.43 Å². The van der Waals surface area contributed by atoms with Crippen molar-refractivity contribution in [3.05, 3.63) is 71.0 Å². The van der Waals surface area contributed by atoms with Crippen molar-refractivity contribution >= 4 is 0 Å². The monoisotopic (exact) mass is 284 g/mol. The van der Waals surface area contributed by atoms with Crippen molar-refractivity contribution in [3.8, 4) is 0 Å². The Labute approximate surface area is 125 Å². The highest BCUT2D eigenvalue weighted by Crippen LogP contribution is 2.49. The van der Waals surface area contributed by atoms with E-state index in [1.807, 2.05) is 19.1 Å². The fourth-order valence-corrected chi connectivity index (χ4v) is 3.20. The first kappa shape index (κ1) is 14.2. The lowest BCUT2D eigenvalue weighted by molar-refractivity contribution is 0.463. The Morgan fingerprint density at radius 2 is 2.00 bits per heavy atom. The summed E-state index contributed by atoms with van der Waals surface area (Å²) >= 11 is 0. The zero-order chi connectivity index (χ0) is 14.8. The van der Waals surface area contributed by atoms with Gasteiger partial charge in [0.1, 0.15) is 5.82 Å². The second-order valence-corrected chi connectivity index (χ2v) is 5.96. The SMILES string of the molecule is Cc1cc(F)ccc1CC(NN)C1CC1c1ccccc1. The van der Waals surface area contributed by atoms with Crippen LogP contribution in [-0.4, -0.2) is 6.04 Å². The highest BCUT2D eigenvalue weighted by molar-refractivity contribution is 5.30. The Balaban J connectivity index is 1.70. The third-order valence-corrected chi connectivity index (χ3v) is 4.54. The molecule has 0 aromatic heterocycles. The minimum atomic E-state index is -0.179. The Bertz CT molecular complexity index is 612. The molecule has 0 aliphatic heterocycles. The lowest BCUT2D eigenvalue weighted by atomic mass is 9.96. The lowest BCUT2D eigenvalue weighted by Gasteiger charge is -2.17. The van der Waals surface area contributed by atoms with Gasteiger partial charge in [-0.15, -0.1) is 0 Å². The van der Waals surface area contributed by atoms with Crippen LogP contribution >= 0.6 is 0 Å². The predicted molar refractivity (Wildman–Crippen MR) is 83.2 cm³/mol. The van der Waals surface area contributed by atoms with Crippen molar-refractivity contribution < 1.29 is 4.39 Å². The zero-order valence-corrected chi connectivity index (χ0v) is 12.2. The molecule has 0 bridgehead atoms. The van der Waals surface area contributed by atoms with Gasteiger partial charge in [0.15, 0.2) is 0 Å². The maximum atomic E-state index is 13.2. The zero-order valence-electron chi connectivity index (χ0n) is 12.2. The van der Waals surface area contributed by atoms with Crippen LogP contribution in [0.3, 0.4) is 0 Å². The van der Waals surface area contributed by atoms with Crippen LogP contribution in [0.4, 0.5) is 4.39 Å². The van der Waals surface area contributed by atoms with E-state index in [-0.39, 0.29) is 11.9 Å². The topological polar surface area (TPSA) is 38.0 Å². The van der Waals surface area contributed by atoms with Gasteiger partial charge in [-0.1, -0.05) is 36.4 Å². The molecular formula is C18H21FN2. The maximum Gasteiger partial charge on any atom is 0.123 e. The molecule has 0 amide bonds. The van der Waals surface area contributed by atoms with Gasteiger partial charge in [0.2, 0.25) is 0 Å². The molecule has 21 heavy (non-hydrogen) atoms. The summed E-state index contributed by atoms with van der Waals surface area (Å²) in [6.07, 6.45) is 2.01. The van der Waals surface area contributed by atoms with Gasteiger partial charge in [-0.25, -0.2) is 4.39 Å². The second kappa shape index (κ2) is 5.96. The largest absolute Gasteiger partial charge is 0.271 e. The van der Waals surface area contributed by atoms with Gasteiger partial charge < -0.3 is 0 Å². The highest BCUT2D eigenvalue weighted by Gasteiger charge is 2.43. The van der Waals surface area contributed by atoms with Crippen molar-refractivity contribution in [3.63, 3.8) is 0 Å². The van der Waals surface area contributed by atoms with E-state index in [0.717, 1.165) is 17.5 Å². The van der Waals surface area contributed by atoms with Crippen LogP contribution in [0.5, 0.6) is 0 Å². The molecule has 0 saturated heterocycles. The third-order valence-electron chi connectivity index (χ3n) is 4.54. The van der Waals surface area contributed by atoms with E-state index in [4.69, 9.17) is 5.84 Å². The highest BCUT2D eigenvalue weighted by atomic mass is 19.1. The van der Waals surface area contributed by atoms with Gasteiger partial charge in [-0.3, -0.25) is 11.3 Å². The molecule has 3 N–H and O–H groups in total. The lowest BCUT2D eigenvalue weighted by Crippen LogP contribution is -2.39. The summed E-state index contributed by atoms with van der Waals surface area (Å²) in [5.41, 5.74) is 6.51. The Morgan fingerprint density at radius 1 is 1.24 bits per heavy atom. The van der Waals surface area contributed by atoms with Crippen LogP contribution < -0.4 is 11.3 Å². The quantitative estimate of drug-likeness (QED) is 0.653.